The molecule has 0 bridgehead atoms. The fourth-order valence-corrected chi connectivity index (χ4v) is 4.58. The highest BCUT2D eigenvalue weighted by Crippen LogP contribution is 2.10. The lowest BCUT2D eigenvalue weighted by Gasteiger charge is -2.34. The van der Waals surface area contributed by atoms with Gasteiger partial charge >= 0.3 is 0 Å². The zero-order valence-corrected chi connectivity index (χ0v) is 19.1. The van der Waals surface area contributed by atoms with Crippen LogP contribution >= 0.6 is 0 Å². The van der Waals surface area contributed by atoms with E-state index in [-0.39, 0.29) is 0 Å². The minimum Gasteiger partial charge on any atom is -0.339 e. The van der Waals surface area contributed by atoms with Crippen LogP contribution in [0.1, 0.15) is 11.1 Å². The topological polar surface area (TPSA) is 86.8 Å². The first-order chi connectivity index (χ1) is 15.3. The van der Waals surface area contributed by atoms with Gasteiger partial charge < -0.3 is 10.2 Å². The van der Waals surface area contributed by atoms with Gasteiger partial charge in [0.25, 0.3) is 0 Å². The van der Waals surface area contributed by atoms with Gasteiger partial charge in [0.1, 0.15) is 11.5 Å². The van der Waals surface area contributed by atoms with Gasteiger partial charge in [-0.25, -0.2) is 8.42 Å². The molecule has 0 unspecified atom stereocenters. The fourth-order valence-electron chi connectivity index (χ4n) is 3.45. The highest BCUT2D eigenvalue weighted by Gasteiger charge is 2.26. The average Bonchev–Trinajstić information content (AvgIpc) is 2.76. The molecule has 1 aliphatic rings. The van der Waals surface area contributed by atoms with Gasteiger partial charge in [-0.2, -0.15) is 0 Å². The van der Waals surface area contributed by atoms with Crippen LogP contribution in [0.4, 0.5) is 5.69 Å². The fraction of sp³-hybridized carbons (Fsp3) is 0.333. The lowest BCUT2D eigenvalue weighted by Crippen LogP contribution is -2.50. The number of carbonyl (C=O) groups is 2. The van der Waals surface area contributed by atoms with E-state index in [9.17, 15) is 18.0 Å². The molecule has 32 heavy (non-hydrogen) atoms. The first-order valence-corrected chi connectivity index (χ1v) is 12.4. The molecule has 2 aromatic rings. The number of nitrogens with one attached hydrogen (secondary N) is 1. The minimum absolute atomic E-state index is 0.451. The zero-order valence-electron chi connectivity index (χ0n) is 18.2. The predicted molar refractivity (Wildman–Crippen MR) is 127 cm³/mol. The molecular weight excluding hydrogens is 426 g/mol. The van der Waals surface area contributed by atoms with Crippen LogP contribution in [0.3, 0.4) is 0 Å². The summed E-state index contributed by atoms with van der Waals surface area (Å²) in [6.07, 6.45) is 4.15. The Hall–Kier alpha value is -2.97. The van der Waals surface area contributed by atoms with E-state index in [1.807, 2.05) is 49.4 Å². The number of carbonyl (C=O) groups excluding carboxylic acids is 2. The normalized spacial score (nSPS) is 15.1. The number of hydrogen-bond acceptors (Lipinski definition) is 5. The maximum absolute atomic E-state index is 12.5. The third kappa shape index (κ3) is 7.62. The number of anilines is 1. The summed E-state index contributed by atoms with van der Waals surface area (Å²) in [6, 6.07) is 17.1. The summed E-state index contributed by atoms with van der Waals surface area (Å²) >= 11 is 0. The van der Waals surface area contributed by atoms with E-state index in [0.29, 0.717) is 31.9 Å². The lowest BCUT2D eigenvalue weighted by molar-refractivity contribution is -0.130. The number of rotatable bonds is 8. The van der Waals surface area contributed by atoms with Crippen LogP contribution in [0, 0.1) is 6.92 Å². The lowest BCUT2D eigenvalue weighted by atomic mass is 10.2. The molecule has 7 nitrogen and oxygen atoms in total. The summed E-state index contributed by atoms with van der Waals surface area (Å²) in [5, 5.41) is 2.56. The second-order valence-corrected chi connectivity index (χ2v) is 10.0. The Balaban J connectivity index is 1.41. The summed E-state index contributed by atoms with van der Waals surface area (Å²) in [4.78, 5) is 28.3. The molecule has 1 heterocycles. The average molecular weight is 456 g/mol. The molecule has 2 aromatic carbocycles. The maximum Gasteiger partial charge on any atom is 0.239 e. The summed E-state index contributed by atoms with van der Waals surface area (Å²) in [5.74, 6) is -2.46. The third-order valence-electron chi connectivity index (χ3n) is 5.23. The van der Waals surface area contributed by atoms with Crippen LogP contribution < -0.4 is 5.32 Å². The molecule has 1 saturated heterocycles. The van der Waals surface area contributed by atoms with Crippen LogP contribution in [-0.4, -0.2) is 74.3 Å². The van der Waals surface area contributed by atoms with Gasteiger partial charge in [-0.05, 0) is 24.6 Å². The van der Waals surface area contributed by atoms with Gasteiger partial charge in [-0.15, -0.1) is 0 Å². The van der Waals surface area contributed by atoms with Crippen molar-refractivity contribution in [1.82, 2.24) is 9.80 Å². The number of hydrogen-bond donors (Lipinski definition) is 1. The first kappa shape index (κ1) is 23.7. The van der Waals surface area contributed by atoms with Crippen LogP contribution in [0.5, 0.6) is 0 Å². The van der Waals surface area contributed by atoms with Crippen molar-refractivity contribution >= 4 is 33.4 Å². The van der Waals surface area contributed by atoms with Gasteiger partial charge in [0.05, 0.1) is 0 Å². The second-order valence-electron chi connectivity index (χ2n) is 7.94. The summed E-state index contributed by atoms with van der Waals surface area (Å²) in [6.45, 7) is 5.00. The van der Waals surface area contributed by atoms with E-state index >= 15 is 0 Å². The Labute approximate surface area is 189 Å². The molecule has 170 valence electrons. The number of benzene rings is 2. The van der Waals surface area contributed by atoms with Gasteiger partial charge in [0.15, 0.2) is 9.84 Å². The predicted octanol–water partition coefficient (Wildman–Crippen LogP) is 2.21. The van der Waals surface area contributed by atoms with E-state index < -0.39 is 33.2 Å². The SMILES string of the molecule is Cc1ccc(NC(=O)CS(=O)(=O)CC(=O)N2CCN(C/C=C/c3ccccc3)CC2)cc1. The summed E-state index contributed by atoms with van der Waals surface area (Å²) < 4.78 is 24.7. The Morgan fingerprint density at radius 3 is 2.25 bits per heavy atom. The molecule has 1 fully saturated rings. The van der Waals surface area contributed by atoms with Crippen LogP contribution in [-0.2, 0) is 19.4 Å². The smallest absolute Gasteiger partial charge is 0.239 e. The molecular formula is C24H29N3O4S. The Kier molecular flexibility index (Phi) is 8.19. The monoisotopic (exact) mass is 455 g/mol. The molecule has 2 amide bonds. The number of sulfone groups is 1. The highest BCUT2D eigenvalue weighted by molar-refractivity contribution is 7.92. The number of nitrogens with zero attached hydrogens (tertiary/aromatic N) is 2. The van der Waals surface area contributed by atoms with Gasteiger partial charge in [0.2, 0.25) is 11.8 Å². The molecule has 0 atom stereocenters. The molecule has 1 aliphatic heterocycles. The van der Waals surface area contributed by atoms with Gasteiger partial charge in [-0.1, -0.05) is 60.2 Å². The van der Waals surface area contributed by atoms with Crippen LogP contribution in [0.25, 0.3) is 6.08 Å². The van der Waals surface area contributed by atoms with E-state index in [1.54, 1.807) is 17.0 Å². The Morgan fingerprint density at radius 2 is 1.59 bits per heavy atom. The Bertz CT molecular complexity index is 1040. The van der Waals surface area contributed by atoms with Crippen molar-refractivity contribution in [2.24, 2.45) is 0 Å². The van der Waals surface area contributed by atoms with E-state index in [2.05, 4.69) is 22.4 Å². The number of piperazine rings is 1. The largest absolute Gasteiger partial charge is 0.339 e. The molecule has 0 spiro atoms. The zero-order chi connectivity index (χ0) is 23.0. The van der Waals surface area contributed by atoms with E-state index in [1.165, 1.54) is 0 Å². The maximum atomic E-state index is 12.5. The summed E-state index contributed by atoms with van der Waals surface area (Å²) in [7, 11) is -3.84. The van der Waals surface area contributed by atoms with Crippen molar-refractivity contribution < 1.29 is 18.0 Å². The quantitative estimate of drug-likeness (QED) is 0.660. The van der Waals surface area contributed by atoms with Crippen molar-refractivity contribution in [1.29, 1.82) is 0 Å². The number of aryl methyl sites for hydroxylation is 1. The van der Waals surface area contributed by atoms with E-state index in [4.69, 9.17) is 0 Å². The minimum atomic E-state index is -3.84. The molecule has 0 aromatic heterocycles. The van der Waals surface area contributed by atoms with Crippen molar-refractivity contribution in [2.45, 2.75) is 6.92 Å². The van der Waals surface area contributed by atoms with E-state index in [0.717, 1.165) is 17.7 Å². The molecule has 0 aliphatic carbocycles. The van der Waals surface area contributed by atoms with Gasteiger partial charge in [-0.3, -0.25) is 14.5 Å². The van der Waals surface area contributed by atoms with Gasteiger partial charge in [0, 0.05) is 38.4 Å². The first-order valence-electron chi connectivity index (χ1n) is 10.6. The van der Waals surface area contributed by atoms with Crippen molar-refractivity contribution in [3.05, 3.63) is 71.8 Å². The van der Waals surface area contributed by atoms with Crippen LogP contribution in [0.2, 0.25) is 0 Å². The Morgan fingerprint density at radius 1 is 0.938 bits per heavy atom. The van der Waals surface area contributed by atoms with Crippen molar-refractivity contribution in [2.75, 3.05) is 49.5 Å². The third-order valence-corrected chi connectivity index (χ3v) is 6.62. The summed E-state index contributed by atoms with van der Waals surface area (Å²) in [5.41, 5.74) is 2.70. The van der Waals surface area contributed by atoms with Crippen LogP contribution in [0.15, 0.2) is 60.7 Å². The molecule has 1 N–H and O–H groups in total. The second kappa shape index (κ2) is 11.1. The molecule has 8 heteroatoms. The molecule has 0 radical (unpaired) electrons. The number of amides is 2. The molecule has 3 rings (SSSR count). The standard InChI is InChI=1S/C24H29N3O4S/c1-20-9-11-22(12-10-20)25-23(28)18-32(30,31)19-24(29)27-16-14-26(15-17-27)13-5-8-21-6-3-2-4-7-21/h2-12H,13-19H2,1H3,(H,25,28)/b8-5+. The highest BCUT2D eigenvalue weighted by atomic mass is 32.2. The van der Waals surface area contributed by atoms with Crippen molar-refractivity contribution in [3.8, 4) is 0 Å². The molecule has 0 saturated carbocycles. The van der Waals surface area contributed by atoms with Crippen molar-refractivity contribution in [3.63, 3.8) is 0 Å².